The fraction of sp³-hybridized carbons (Fsp3) is 0.444. The summed E-state index contributed by atoms with van der Waals surface area (Å²) in [6.45, 7) is 2.57. The molecule has 18 heavy (non-hydrogen) atoms. The highest BCUT2D eigenvalue weighted by Gasteiger charge is 2.41. The van der Waals surface area contributed by atoms with E-state index in [4.69, 9.17) is 28.3 Å². The standard InChI is InChI=1S/C9H11Cl2NO4S2/c1-9(2,8(13)14)12(3)18(15,16)5-4-6(10)17-7(5)11/h4H,1-3H3,(H,13,14). The van der Waals surface area contributed by atoms with Gasteiger partial charge in [0.05, 0.1) is 4.34 Å². The van der Waals surface area contributed by atoms with Crippen molar-refractivity contribution in [1.82, 2.24) is 4.31 Å². The van der Waals surface area contributed by atoms with E-state index >= 15 is 0 Å². The van der Waals surface area contributed by atoms with E-state index in [0.717, 1.165) is 15.6 Å². The summed E-state index contributed by atoms with van der Waals surface area (Å²) in [5.74, 6) is -1.26. The first kappa shape index (κ1) is 15.7. The number of sulfonamides is 1. The molecule has 0 saturated heterocycles. The van der Waals surface area contributed by atoms with Crippen molar-refractivity contribution in [2.45, 2.75) is 24.3 Å². The summed E-state index contributed by atoms with van der Waals surface area (Å²) in [7, 11) is -2.82. The van der Waals surface area contributed by atoms with E-state index in [1.807, 2.05) is 0 Å². The first-order chi connectivity index (χ1) is 8.01. The molecule has 0 spiro atoms. The van der Waals surface area contributed by atoms with Gasteiger partial charge in [0.25, 0.3) is 0 Å². The number of thiophene rings is 1. The highest BCUT2D eigenvalue weighted by Crippen LogP contribution is 2.36. The van der Waals surface area contributed by atoms with Crippen LogP contribution in [0.3, 0.4) is 0 Å². The zero-order chi connectivity index (χ0) is 14.3. The summed E-state index contributed by atoms with van der Waals surface area (Å²) >= 11 is 12.4. The quantitative estimate of drug-likeness (QED) is 0.919. The van der Waals surface area contributed by atoms with E-state index in [1.54, 1.807) is 0 Å². The van der Waals surface area contributed by atoms with Crippen molar-refractivity contribution >= 4 is 50.5 Å². The third kappa shape index (κ3) is 2.65. The van der Waals surface area contributed by atoms with Gasteiger partial charge in [-0.25, -0.2) is 8.42 Å². The minimum absolute atomic E-state index is 0.00744. The second-order valence-electron chi connectivity index (χ2n) is 4.03. The average molecular weight is 332 g/mol. The van der Waals surface area contributed by atoms with Gasteiger partial charge in [0.2, 0.25) is 10.0 Å². The van der Waals surface area contributed by atoms with Crippen molar-refractivity contribution in [3.63, 3.8) is 0 Å². The monoisotopic (exact) mass is 331 g/mol. The summed E-state index contributed by atoms with van der Waals surface area (Å²) < 4.78 is 25.5. The second kappa shape index (κ2) is 4.97. The fourth-order valence-electron chi connectivity index (χ4n) is 1.08. The molecule has 5 nitrogen and oxygen atoms in total. The molecule has 1 aromatic rings. The number of likely N-dealkylation sites (N-methyl/N-ethyl adjacent to an activating group) is 1. The molecule has 0 saturated carbocycles. The molecule has 102 valence electrons. The number of halogens is 2. The van der Waals surface area contributed by atoms with E-state index in [-0.39, 0.29) is 13.6 Å². The molecule has 1 N–H and O–H groups in total. The number of carboxylic acid groups (broad SMARTS) is 1. The Morgan fingerprint density at radius 2 is 1.94 bits per heavy atom. The van der Waals surface area contributed by atoms with Gasteiger partial charge >= 0.3 is 5.97 Å². The highest BCUT2D eigenvalue weighted by molar-refractivity contribution is 7.89. The van der Waals surface area contributed by atoms with E-state index in [1.165, 1.54) is 27.0 Å². The van der Waals surface area contributed by atoms with Gasteiger partial charge in [0.15, 0.2) is 0 Å². The van der Waals surface area contributed by atoms with Crippen molar-refractivity contribution in [2.24, 2.45) is 0 Å². The first-order valence-corrected chi connectivity index (χ1v) is 7.69. The molecular weight excluding hydrogens is 321 g/mol. The van der Waals surface area contributed by atoms with Gasteiger partial charge in [-0.15, -0.1) is 11.3 Å². The van der Waals surface area contributed by atoms with Crippen LogP contribution in [0.4, 0.5) is 0 Å². The predicted molar refractivity (Wildman–Crippen MR) is 71.0 cm³/mol. The predicted octanol–water partition coefficient (Wildman–Crippen LogP) is 2.54. The van der Waals surface area contributed by atoms with Gasteiger partial charge < -0.3 is 5.11 Å². The Balaban J connectivity index is 3.32. The van der Waals surface area contributed by atoms with Crippen LogP contribution in [0.1, 0.15) is 13.8 Å². The zero-order valence-corrected chi connectivity index (χ0v) is 12.9. The molecule has 0 bridgehead atoms. The largest absolute Gasteiger partial charge is 0.480 e. The van der Waals surface area contributed by atoms with Crippen molar-refractivity contribution in [3.05, 3.63) is 14.7 Å². The Labute approximate surface area is 119 Å². The van der Waals surface area contributed by atoms with Crippen molar-refractivity contribution in [3.8, 4) is 0 Å². The Hall–Kier alpha value is -0.340. The number of hydrogen-bond acceptors (Lipinski definition) is 4. The minimum atomic E-state index is -4.00. The zero-order valence-electron chi connectivity index (χ0n) is 9.77. The summed E-state index contributed by atoms with van der Waals surface area (Å²) in [6, 6.07) is 1.21. The van der Waals surface area contributed by atoms with Crippen LogP contribution in [0.25, 0.3) is 0 Å². The molecule has 1 rings (SSSR count). The Morgan fingerprint density at radius 1 is 1.44 bits per heavy atom. The number of aliphatic carboxylic acids is 1. The molecule has 1 aromatic heterocycles. The van der Waals surface area contributed by atoms with E-state index in [9.17, 15) is 13.2 Å². The number of hydrogen-bond donors (Lipinski definition) is 1. The van der Waals surface area contributed by atoms with Crippen LogP contribution in [-0.2, 0) is 14.8 Å². The molecule has 1 heterocycles. The van der Waals surface area contributed by atoms with Crippen LogP contribution in [0.5, 0.6) is 0 Å². The van der Waals surface area contributed by atoms with Gasteiger partial charge in [-0.2, -0.15) is 4.31 Å². The second-order valence-corrected chi connectivity index (χ2v) is 8.25. The Morgan fingerprint density at radius 3 is 2.28 bits per heavy atom. The molecule has 0 fully saturated rings. The summed E-state index contributed by atoms with van der Waals surface area (Å²) in [6.07, 6.45) is 0. The summed E-state index contributed by atoms with van der Waals surface area (Å²) in [4.78, 5) is 10.9. The normalized spacial score (nSPS) is 13.0. The highest BCUT2D eigenvalue weighted by atomic mass is 35.5. The van der Waals surface area contributed by atoms with Crippen LogP contribution >= 0.6 is 34.5 Å². The SMILES string of the molecule is CN(C(C)(C)C(=O)O)S(=O)(=O)c1cc(Cl)sc1Cl. The first-order valence-electron chi connectivity index (χ1n) is 4.68. The maximum absolute atomic E-state index is 12.2. The van der Waals surface area contributed by atoms with Crippen molar-refractivity contribution in [2.75, 3.05) is 7.05 Å². The molecule has 0 aliphatic carbocycles. The summed E-state index contributed by atoms with van der Waals surface area (Å²) in [5.41, 5.74) is -1.59. The van der Waals surface area contributed by atoms with Crippen molar-refractivity contribution in [1.29, 1.82) is 0 Å². The third-order valence-corrected chi connectivity index (χ3v) is 6.36. The molecule has 0 atom stereocenters. The summed E-state index contributed by atoms with van der Waals surface area (Å²) in [5, 5.41) is 9.03. The van der Waals surface area contributed by atoms with Crippen molar-refractivity contribution < 1.29 is 18.3 Å². The van der Waals surface area contributed by atoms with Crippen LogP contribution < -0.4 is 0 Å². The molecular formula is C9H11Cl2NO4S2. The van der Waals surface area contributed by atoms with Gasteiger partial charge in [0.1, 0.15) is 14.8 Å². The topological polar surface area (TPSA) is 74.7 Å². The van der Waals surface area contributed by atoms with E-state index in [2.05, 4.69) is 0 Å². The number of nitrogens with zero attached hydrogens (tertiary/aromatic N) is 1. The molecule has 0 aliphatic rings. The van der Waals surface area contributed by atoms with Crippen LogP contribution in [0, 0.1) is 0 Å². The number of carboxylic acids is 1. The van der Waals surface area contributed by atoms with Gasteiger partial charge in [-0.05, 0) is 19.9 Å². The molecule has 0 radical (unpaired) electrons. The third-order valence-electron chi connectivity index (χ3n) is 2.57. The van der Waals surface area contributed by atoms with Gasteiger partial charge in [-0.1, -0.05) is 23.2 Å². The lowest BCUT2D eigenvalue weighted by atomic mass is 10.1. The molecule has 0 aromatic carbocycles. The van der Waals surface area contributed by atoms with E-state index < -0.39 is 21.5 Å². The van der Waals surface area contributed by atoms with Crippen LogP contribution in [0.2, 0.25) is 8.67 Å². The Bertz CT molecular complexity index is 579. The Kier molecular flexibility index (Phi) is 4.34. The average Bonchev–Trinajstić information content (AvgIpc) is 2.57. The van der Waals surface area contributed by atoms with Crippen LogP contribution in [0.15, 0.2) is 11.0 Å². The maximum atomic E-state index is 12.2. The number of rotatable bonds is 4. The van der Waals surface area contributed by atoms with Gasteiger partial charge in [0, 0.05) is 7.05 Å². The van der Waals surface area contributed by atoms with Gasteiger partial charge in [-0.3, -0.25) is 4.79 Å². The minimum Gasteiger partial charge on any atom is -0.480 e. The lowest BCUT2D eigenvalue weighted by molar-refractivity contribution is -0.145. The van der Waals surface area contributed by atoms with E-state index in [0.29, 0.717) is 0 Å². The lowest BCUT2D eigenvalue weighted by Gasteiger charge is -2.30. The molecule has 0 unspecified atom stereocenters. The lowest BCUT2D eigenvalue weighted by Crippen LogP contribution is -2.50. The van der Waals surface area contributed by atoms with Crippen LogP contribution in [-0.4, -0.2) is 36.4 Å². The fourth-order valence-corrected chi connectivity index (χ4v) is 4.67. The smallest absolute Gasteiger partial charge is 0.324 e. The maximum Gasteiger partial charge on any atom is 0.324 e. The molecule has 9 heteroatoms. The molecule has 0 amide bonds. The molecule has 0 aliphatic heterocycles. The number of carbonyl (C=O) groups is 1.